The number of carbonyl (C=O) groups is 1. The van der Waals surface area contributed by atoms with Crippen molar-refractivity contribution in [2.24, 2.45) is 0 Å². The number of rotatable bonds is 6. The summed E-state index contributed by atoms with van der Waals surface area (Å²) in [7, 11) is 1.32. The van der Waals surface area contributed by atoms with Gasteiger partial charge in [-0.25, -0.2) is 4.98 Å². The fraction of sp³-hybridized carbons (Fsp3) is 0.0952. The van der Waals surface area contributed by atoms with Crippen LogP contribution in [0.5, 0.6) is 11.5 Å². The van der Waals surface area contributed by atoms with Crippen LogP contribution in [-0.4, -0.2) is 34.5 Å². The molecule has 3 heterocycles. The van der Waals surface area contributed by atoms with E-state index in [2.05, 4.69) is 19.7 Å². The molecule has 0 radical (unpaired) electrons. The van der Waals surface area contributed by atoms with Gasteiger partial charge in [0.2, 0.25) is 0 Å². The number of ether oxygens (including phenoxy) is 2. The zero-order valence-corrected chi connectivity index (χ0v) is 15.2. The minimum absolute atomic E-state index is 0.0464. The van der Waals surface area contributed by atoms with E-state index in [0.717, 1.165) is 11.1 Å². The van der Waals surface area contributed by atoms with Crippen molar-refractivity contribution >= 4 is 16.8 Å². The maximum Gasteiger partial charge on any atom is 0.387 e. The third kappa shape index (κ3) is 3.64. The molecule has 0 amide bonds. The lowest BCUT2D eigenvalue weighted by Gasteiger charge is -2.11. The molecule has 0 saturated carbocycles. The summed E-state index contributed by atoms with van der Waals surface area (Å²) in [4.78, 5) is 24.5. The van der Waals surface area contributed by atoms with Crippen molar-refractivity contribution in [3.63, 3.8) is 0 Å². The molecule has 0 spiro atoms. The van der Waals surface area contributed by atoms with Crippen molar-refractivity contribution in [1.82, 2.24) is 15.0 Å². The van der Waals surface area contributed by atoms with Crippen molar-refractivity contribution < 1.29 is 23.0 Å². The second kappa shape index (κ2) is 7.67. The van der Waals surface area contributed by atoms with E-state index in [1.807, 2.05) is 18.2 Å². The van der Waals surface area contributed by atoms with Gasteiger partial charge in [-0.15, -0.1) is 0 Å². The number of hydrogen-bond donors (Lipinski definition) is 1. The Morgan fingerprint density at radius 3 is 2.69 bits per heavy atom. The van der Waals surface area contributed by atoms with Crippen molar-refractivity contribution in [3.8, 4) is 22.6 Å². The number of H-pyrrole nitrogens is 1. The van der Waals surface area contributed by atoms with Gasteiger partial charge < -0.3 is 14.5 Å². The number of nitrogens with one attached hydrogen (secondary N) is 1. The molecule has 29 heavy (non-hydrogen) atoms. The zero-order valence-electron chi connectivity index (χ0n) is 15.2. The first kappa shape index (κ1) is 18.5. The molecule has 0 fully saturated rings. The first-order valence-corrected chi connectivity index (χ1v) is 8.62. The van der Waals surface area contributed by atoms with E-state index < -0.39 is 6.61 Å². The highest BCUT2D eigenvalue weighted by atomic mass is 19.3. The normalized spacial score (nSPS) is 11.0. The van der Waals surface area contributed by atoms with Crippen LogP contribution in [0.25, 0.3) is 22.2 Å². The van der Waals surface area contributed by atoms with Gasteiger partial charge in [0.05, 0.1) is 7.11 Å². The fourth-order valence-corrected chi connectivity index (χ4v) is 3.04. The van der Waals surface area contributed by atoms with Gasteiger partial charge in [-0.05, 0) is 30.3 Å². The van der Waals surface area contributed by atoms with Crippen LogP contribution >= 0.6 is 0 Å². The van der Waals surface area contributed by atoms with Crippen LogP contribution in [0.4, 0.5) is 8.78 Å². The number of aromatic nitrogens is 3. The number of benzene rings is 1. The third-order valence-corrected chi connectivity index (χ3v) is 4.41. The van der Waals surface area contributed by atoms with E-state index in [1.165, 1.54) is 25.3 Å². The van der Waals surface area contributed by atoms with Crippen molar-refractivity contribution in [2.75, 3.05) is 7.11 Å². The van der Waals surface area contributed by atoms with E-state index >= 15 is 0 Å². The van der Waals surface area contributed by atoms with Crippen LogP contribution in [0.15, 0.2) is 61.2 Å². The molecule has 1 N–H and O–H groups in total. The van der Waals surface area contributed by atoms with Crippen molar-refractivity contribution in [1.29, 1.82) is 0 Å². The lowest BCUT2D eigenvalue weighted by atomic mass is 10.0. The Kier molecular flexibility index (Phi) is 4.90. The van der Waals surface area contributed by atoms with Gasteiger partial charge in [0.25, 0.3) is 0 Å². The Morgan fingerprint density at radius 2 is 1.97 bits per heavy atom. The number of pyridine rings is 2. The van der Waals surface area contributed by atoms with Gasteiger partial charge in [-0.1, -0.05) is 6.07 Å². The van der Waals surface area contributed by atoms with E-state index in [1.54, 1.807) is 24.8 Å². The van der Waals surface area contributed by atoms with Crippen LogP contribution in [0.2, 0.25) is 0 Å². The minimum Gasteiger partial charge on any atom is -0.493 e. The van der Waals surface area contributed by atoms with E-state index in [0.29, 0.717) is 16.6 Å². The highest BCUT2D eigenvalue weighted by Gasteiger charge is 2.19. The average molecular weight is 395 g/mol. The summed E-state index contributed by atoms with van der Waals surface area (Å²) in [5, 5.41) is 0.642. The standard InChI is InChI=1S/C21H15F2N3O3/c1-28-18-8-12(4-5-17(18)29-21(22)23)19(27)16-11-26-20-15(16)7-14(10-25-20)13-3-2-6-24-9-13/h2-11,21H,1H3,(H,25,26). The molecule has 0 saturated heterocycles. The van der Waals surface area contributed by atoms with E-state index in [9.17, 15) is 13.6 Å². The number of ketones is 1. The molecular weight excluding hydrogens is 380 g/mol. The lowest BCUT2D eigenvalue weighted by Crippen LogP contribution is -2.06. The Balaban J connectivity index is 1.74. The van der Waals surface area contributed by atoms with Crippen LogP contribution in [-0.2, 0) is 0 Å². The predicted octanol–water partition coefficient (Wildman–Crippen LogP) is 4.47. The molecule has 0 aliphatic rings. The Morgan fingerprint density at radius 1 is 1.10 bits per heavy atom. The number of fused-ring (bicyclic) bond motifs is 1. The number of halogens is 2. The molecule has 0 bridgehead atoms. The highest BCUT2D eigenvalue weighted by Crippen LogP contribution is 2.31. The maximum atomic E-state index is 13.1. The number of nitrogens with zero attached hydrogens (tertiary/aromatic N) is 2. The molecular formula is C21H15F2N3O3. The minimum atomic E-state index is -2.99. The number of aromatic amines is 1. The first-order valence-electron chi connectivity index (χ1n) is 8.62. The number of methoxy groups -OCH3 is 1. The van der Waals surface area contributed by atoms with Crippen molar-refractivity contribution in [3.05, 3.63) is 72.3 Å². The van der Waals surface area contributed by atoms with E-state index in [4.69, 9.17) is 4.74 Å². The Hall–Kier alpha value is -3.81. The highest BCUT2D eigenvalue weighted by molar-refractivity contribution is 6.16. The molecule has 0 aliphatic carbocycles. The molecule has 0 aliphatic heterocycles. The average Bonchev–Trinajstić information content (AvgIpc) is 3.17. The molecule has 146 valence electrons. The second-order valence-corrected chi connectivity index (χ2v) is 6.14. The topological polar surface area (TPSA) is 77.1 Å². The summed E-state index contributed by atoms with van der Waals surface area (Å²) in [6.07, 6.45) is 6.66. The second-order valence-electron chi connectivity index (χ2n) is 6.14. The smallest absolute Gasteiger partial charge is 0.387 e. The quantitative estimate of drug-likeness (QED) is 0.488. The number of hydrogen-bond acceptors (Lipinski definition) is 5. The van der Waals surface area contributed by atoms with Crippen LogP contribution in [0.3, 0.4) is 0 Å². The monoisotopic (exact) mass is 395 g/mol. The van der Waals surface area contributed by atoms with Gasteiger partial charge in [0.1, 0.15) is 5.65 Å². The first-order chi connectivity index (χ1) is 14.1. The van der Waals surface area contributed by atoms with Gasteiger partial charge in [-0.3, -0.25) is 9.78 Å². The molecule has 8 heteroatoms. The fourth-order valence-electron chi connectivity index (χ4n) is 3.04. The van der Waals surface area contributed by atoms with Gasteiger partial charge in [0.15, 0.2) is 17.3 Å². The summed E-state index contributed by atoms with van der Waals surface area (Å²) in [6, 6.07) is 9.65. The van der Waals surface area contributed by atoms with E-state index in [-0.39, 0.29) is 22.8 Å². The molecule has 4 aromatic rings. The van der Waals surface area contributed by atoms with Gasteiger partial charge in [0, 0.05) is 52.4 Å². The van der Waals surface area contributed by atoms with Crippen LogP contribution in [0, 0.1) is 0 Å². The molecule has 3 aromatic heterocycles. The maximum absolute atomic E-state index is 13.1. The summed E-state index contributed by atoms with van der Waals surface area (Å²) >= 11 is 0. The summed E-state index contributed by atoms with van der Waals surface area (Å²) in [5.74, 6) is -0.396. The molecule has 0 atom stereocenters. The number of alkyl halides is 2. The Bertz CT molecular complexity index is 1180. The van der Waals surface area contributed by atoms with Gasteiger partial charge in [-0.2, -0.15) is 8.78 Å². The van der Waals surface area contributed by atoms with Crippen molar-refractivity contribution in [2.45, 2.75) is 6.61 Å². The third-order valence-electron chi connectivity index (χ3n) is 4.41. The Labute approximate surface area is 164 Å². The molecule has 0 unspecified atom stereocenters. The summed E-state index contributed by atoms with van der Waals surface area (Å²) in [5.41, 5.74) is 2.93. The SMILES string of the molecule is COc1cc(C(=O)c2c[nH]c3ncc(-c4cccnc4)cc23)ccc1OC(F)F. The molecule has 6 nitrogen and oxygen atoms in total. The summed E-state index contributed by atoms with van der Waals surface area (Å²) < 4.78 is 34.5. The van der Waals surface area contributed by atoms with Crippen LogP contribution in [0.1, 0.15) is 15.9 Å². The molecule has 1 aromatic carbocycles. The number of carbonyl (C=O) groups excluding carboxylic acids is 1. The molecule has 4 rings (SSSR count). The lowest BCUT2D eigenvalue weighted by molar-refractivity contribution is -0.0512. The van der Waals surface area contributed by atoms with Crippen LogP contribution < -0.4 is 9.47 Å². The summed E-state index contributed by atoms with van der Waals surface area (Å²) in [6.45, 7) is -2.99. The van der Waals surface area contributed by atoms with Gasteiger partial charge >= 0.3 is 6.61 Å². The largest absolute Gasteiger partial charge is 0.493 e. The predicted molar refractivity (Wildman–Crippen MR) is 102 cm³/mol. The zero-order chi connectivity index (χ0) is 20.4.